The highest BCUT2D eigenvalue weighted by Crippen LogP contribution is 2.37. The van der Waals surface area contributed by atoms with Gasteiger partial charge in [-0.05, 0) is 44.5 Å². The van der Waals surface area contributed by atoms with Crippen molar-refractivity contribution < 1.29 is 14.3 Å². The molecule has 0 radical (unpaired) electrons. The Labute approximate surface area is 149 Å². The summed E-state index contributed by atoms with van der Waals surface area (Å²) in [5.74, 6) is 1.52. The lowest BCUT2D eigenvalue weighted by Gasteiger charge is -2.19. The van der Waals surface area contributed by atoms with Crippen molar-refractivity contribution >= 4 is 17.5 Å². The van der Waals surface area contributed by atoms with Crippen LogP contribution in [0.25, 0.3) is 0 Å². The van der Waals surface area contributed by atoms with Crippen LogP contribution in [0, 0.1) is 5.92 Å². The molecular weight excluding hydrogens is 328 g/mol. The number of unbranched alkanes of at least 4 members (excludes halogenated alkanes) is 1. The molecule has 1 atom stereocenters. The molecule has 24 heavy (non-hydrogen) atoms. The van der Waals surface area contributed by atoms with Gasteiger partial charge in [-0.3, -0.25) is 4.79 Å². The summed E-state index contributed by atoms with van der Waals surface area (Å²) in [5.41, 5.74) is 0.546. The molecule has 134 valence electrons. The highest BCUT2D eigenvalue weighted by molar-refractivity contribution is 6.32. The first-order chi connectivity index (χ1) is 11.6. The van der Waals surface area contributed by atoms with Crippen LogP contribution in [0.3, 0.4) is 0 Å². The molecule has 1 N–H and O–H groups in total. The number of methoxy groups -OCH3 is 1. The van der Waals surface area contributed by atoms with Crippen LogP contribution in [0.15, 0.2) is 12.1 Å². The van der Waals surface area contributed by atoms with Gasteiger partial charge in [0.05, 0.1) is 18.7 Å². The molecule has 0 aliphatic carbocycles. The molecule has 0 aromatic heterocycles. The summed E-state index contributed by atoms with van der Waals surface area (Å²) < 4.78 is 11.1. The molecule has 6 heteroatoms. The van der Waals surface area contributed by atoms with E-state index in [-0.39, 0.29) is 5.91 Å². The second-order valence-corrected chi connectivity index (χ2v) is 6.56. The standard InChI is InChI=1S/C18H27ClN2O3/c1-4-5-8-24-17-15(19)9-14(10-16(17)23-3)18(22)21-7-6-13(12-21)11-20-2/h9-10,13,20H,4-8,11-12H2,1-3H3. The van der Waals surface area contributed by atoms with Crippen molar-refractivity contribution in [2.24, 2.45) is 5.92 Å². The van der Waals surface area contributed by atoms with Crippen molar-refractivity contribution in [3.63, 3.8) is 0 Å². The van der Waals surface area contributed by atoms with Crippen molar-refractivity contribution in [1.82, 2.24) is 10.2 Å². The Bertz CT molecular complexity index is 565. The smallest absolute Gasteiger partial charge is 0.254 e. The number of nitrogens with zero attached hydrogens (tertiary/aromatic N) is 1. The van der Waals surface area contributed by atoms with Crippen LogP contribution in [-0.4, -0.2) is 51.2 Å². The minimum Gasteiger partial charge on any atom is -0.493 e. The van der Waals surface area contributed by atoms with E-state index in [0.717, 1.165) is 38.9 Å². The number of carbonyl (C=O) groups is 1. The summed E-state index contributed by atoms with van der Waals surface area (Å²) in [6.45, 7) is 5.16. The van der Waals surface area contributed by atoms with E-state index >= 15 is 0 Å². The van der Waals surface area contributed by atoms with Gasteiger partial charge in [0.25, 0.3) is 5.91 Å². The number of hydrogen-bond acceptors (Lipinski definition) is 4. The molecule has 0 spiro atoms. The van der Waals surface area contributed by atoms with Crippen LogP contribution in [0.4, 0.5) is 0 Å². The van der Waals surface area contributed by atoms with Gasteiger partial charge in [0.1, 0.15) is 0 Å². The van der Waals surface area contributed by atoms with E-state index in [2.05, 4.69) is 12.2 Å². The zero-order valence-electron chi connectivity index (χ0n) is 14.7. The Morgan fingerprint density at radius 1 is 1.46 bits per heavy atom. The number of likely N-dealkylation sites (tertiary alicyclic amines) is 1. The van der Waals surface area contributed by atoms with Gasteiger partial charge in [0.15, 0.2) is 11.5 Å². The van der Waals surface area contributed by atoms with Crippen LogP contribution in [0.5, 0.6) is 11.5 Å². The van der Waals surface area contributed by atoms with E-state index in [9.17, 15) is 4.79 Å². The van der Waals surface area contributed by atoms with E-state index in [4.69, 9.17) is 21.1 Å². The van der Waals surface area contributed by atoms with E-state index < -0.39 is 0 Å². The molecule has 1 aromatic carbocycles. The normalized spacial score (nSPS) is 17.2. The Kier molecular flexibility index (Phi) is 7.18. The Morgan fingerprint density at radius 2 is 2.25 bits per heavy atom. The Hall–Kier alpha value is -1.46. The van der Waals surface area contributed by atoms with E-state index in [1.807, 2.05) is 11.9 Å². The molecule has 0 saturated carbocycles. The molecule has 1 fully saturated rings. The number of carbonyl (C=O) groups excluding carboxylic acids is 1. The molecule has 1 aromatic rings. The summed E-state index contributed by atoms with van der Waals surface area (Å²) in [6, 6.07) is 3.40. The lowest BCUT2D eigenvalue weighted by atomic mass is 10.1. The van der Waals surface area contributed by atoms with Gasteiger partial charge in [0, 0.05) is 18.7 Å². The third-order valence-corrected chi connectivity index (χ3v) is 4.57. The first kappa shape index (κ1) is 18.9. The van der Waals surface area contributed by atoms with Crippen LogP contribution < -0.4 is 14.8 Å². The van der Waals surface area contributed by atoms with Crippen LogP contribution >= 0.6 is 11.6 Å². The highest BCUT2D eigenvalue weighted by atomic mass is 35.5. The van der Waals surface area contributed by atoms with Crippen LogP contribution in [0.1, 0.15) is 36.5 Å². The fourth-order valence-corrected chi connectivity index (χ4v) is 3.22. The van der Waals surface area contributed by atoms with Gasteiger partial charge in [-0.2, -0.15) is 0 Å². The van der Waals surface area contributed by atoms with Gasteiger partial charge in [-0.1, -0.05) is 24.9 Å². The third kappa shape index (κ3) is 4.54. The topological polar surface area (TPSA) is 50.8 Å². The number of ether oxygens (including phenoxy) is 2. The predicted octanol–water partition coefficient (Wildman–Crippen LogP) is 3.21. The number of rotatable bonds is 8. The SMILES string of the molecule is CCCCOc1c(Cl)cc(C(=O)N2CCC(CNC)C2)cc1OC. The molecule has 1 aliphatic rings. The Morgan fingerprint density at radius 3 is 2.92 bits per heavy atom. The zero-order chi connectivity index (χ0) is 17.5. The molecule has 1 aliphatic heterocycles. The summed E-state index contributed by atoms with van der Waals surface area (Å²) >= 11 is 6.34. The van der Waals surface area contributed by atoms with Crippen molar-refractivity contribution in [2.75, 3.05) is 40.4 Å². The quantitative estimate of drug-likeness (QED) is 0.728. The van der Waals surface area contributed by atoms with E-state index in [1.54, 1.807) is 19.2 Å². The average Bonchev–Trinajstić information content (AvgIpc) is 3.04. The summed E-state index contributed by atoms with van der Waals surface area (Å²) in [5, 5.41) is 3.59. The Balaban J connectivity index is 2.13. The summed E-state index contributed by atoms with van der Waals surface area (Å²) in [7, 11) is 3.50. The molecule has 1 amide bonds. The molecule has 2 rings (SSSR count). The van der Waals surface area contributed by atoms with Gasteiger partial charge in [0.2, 0.25) is 0 Å². The minimum absolute atomic E-state index is 0.00564. The number of hydrogen-bond donors (Lipinski definition) is 1. The van der Waals surface area contributed by atoms with Crippen molar-refractivity contribution in [2.45, 2.75) is 26.2 Å². The second kappa shape index (κ2) is 9.14. The maximum Gasteiger partial charge on any atom is 0.254 e. The van der Waals surface area contributed by atoms with Gasteiger partial charge in [-0.25, -0.2) is 0 Å². The maximum absolute atomic E-state index is 12.7. The van der Waals surface area contributed by atoms with Crippen LogP contribution in [-0.2, 0) is 0 Å². The lowest BCUT2D eigenvalue weighted by Crippen LogP contribution is -2.30. The maximum atomic E-state index is 12.7. The predicted molar refractivity (Wildman–Crippen MR) is 96.3 cm³/mol. The minimum atomic E-state index is -0.00564. The fourth-order valence-electron chi connectivity index (χ4n) is 2.96. The number of halogens is 1. The largest absolute Gasteiger partial charge is 0.493 e. The number of amides is 1. The van der Waals surface area contributed by atoms with Crippen molar-refractivity contribution in [1.29, 1.82) is 0 Å². The zero-order valence-corrected chi connectivity index (χ0v) is 15.5. The summed E-state index contributed by atoms with van der Waals surface area (Å²) in [6.07, 6.45) is 3.01. The molecular formula is C18H27ClN2O3. The summed E-state index contributed by atoms with van der Waals surface area (Å²) in [4.78, 5) is 14.6. The highest BCUT2D eigenvalue weighted by Gasteiger charge is 2.27. The first-order valence-electron chi connectivity index (χ1n) is 8.54. The first-order valence-corrected chi connectivity index (χ1v) is 8.92. The number of benzene rings is 1. The number of nitrogens with one attached hydrogen (secondary N) is 1. The van der Waals surface area contributed by atoms with E-state index in [0.29, 0.717) is 34.6 Å². The van der Waals surface area contributed by atoms with E-state index in [1.165, 1.54) is 0 Å². The van der Waals surface area contributed by atoms with Crippen molar-refractivity contribution in [3.8, 4) is 11.5 Å². The van der Waals surface area contributed by atoms with Gasteiger partial charge >= 0.3 is 0 Å². The molecule has 1 heterocycles. The molecule has 5 nitrogen and oxygen atoms in total. The van der Waals surface area contributed by atoms with Crippen molar-refractivity contribution in [3.05, 3.63) is 22.7 Å². The van der Waals surface area contributed by atoms with Gasteiger partial charge < -0.3 is 19.7 Å². The molecule has 1 saturated heterocycles. The average molecular weight is 355 g/mol. The molecule has 0 bridgehead atoms. The second-order valence-electron chi connectivity index (χ2n) is 6.16. The lowest BCUT2D eigenvalue weighted by molar-refractivity contribution is 0.0786. The monoisotopic (exact) mass is 354 g/mol. The molecule has 1 unspecified atom stereocenters. The fraction of sp³-hybridized carbons (Fsp3) is 0.611. The van der Waals surface area contributed by atoms with Gasteiger partial charge in [-0.15, -0.1) is 0 Å². The third-order valence-electron chi connectivity index (χ3n) is 4.29. The van der Waals surface area contributed by atoms with Crippen LogP contribution in [0.2, 0.25) is 5.02 Å².